The van der Waals surface area contributed by atoms with Crippen molar-refractivity contribution in [3.63, 3.8) is 0 Å². The van der Waals surface area contributed by atoms with E-state index in [1.54, 1.807) is 19.2 Å². The summed E-state index contributed by atoms with van der Waals surface area (Å²) in [5.41, 5.74) is 0.562. The van der Waals surface area contributed by atoms with E-state index in [4.69, 9.17) is 5.11 Å². The predicted molar refractivity (Wildman–Crippen MR) is 67.4 cm³/mol. The van der Waals surface area contributed by atoms with Crippen LogP contribution in [0.15, 0.2) is 22.7 Å². The second-order valence-electron chi connectivity index (χ2n) is 3.79. The Labute approximate surface area is 108 Å². The van der Waals surface area contributed by atoms with Gasteiger partial charge in [-0.3, -0.25) is 4.79 Å². The van der Waals surface area contributed by atoms with Gasteiger partial charge in [-0.2, -0.15) is 0 Å². The normalized spacial score (nSPS) is 12.4. The number of hydrogen-bond donors (Lipinski definition) is 2. The van der Waals surface area contributed by atoms with Crippen LogP contribution in [0.5, 0.6) is 0 Å². The molecule has 0 amide bonds. The number of benzene rings is 1. The molecule has 2 N–H and O–H groups in total. The molecule has 0 aromatic heterocycles. The van der Waals surface area contributed by atoms with E-state index in [9.17, 15) is 9.18 Å². The molecule has 0 radical (unpaired) electrons. The maximum absolute atomic E-state index is 13.6. The summed E-state index contributed by atoms with van der Waals surface area (Å²) in [6.07, 6.45) is 1.22. The van der Waals surface area contributed by atoms with Gasteiger partial charge in [-0.15, -0.1) is 0 Å². The van der Waals surface area contributed by atoms with Crippen LogP contribution in [0.3, 0.4) is 0 Å². The second kappa shape index (κ2) is 6.71. The van der Waals surface area contributed by atoms with Gasteiger partial charge in [0, 0.05) is 22.5 Å². The maximum atomic E-state index is 13.6. The molecule has 1 unspecified atom stereocenters. The molecule has 1 atom stereocenters. The first-order valence-electron chi connectivity index (χ1n) is 5.38. The van der Waals surface area contributed by atoms with Crippen molar-refractivity contribution in [2.45, 2.75) is 25.3 Å². The van der Waals surface area contributed by atoms with E-state index in [1.165, 1.54) is 6.07 Å². The fourth-order valence-electron chi connectivity index (χ4n) is 1.69. The number of rotatable bonds is 6. The third-order valence-corrected chi connectivity index (χ3v) is 3.06. The standard InChI is InChI=1S/C12H15BrFNO2/c1-15-11(3-2-4-12(16)17)9-7-8(13)5-6-10(9)14/h5-7,11,15H,2-4H2,1H3,(H,16,17). The van der Waals surface area contributed by atoms with Crippen LogP contribution in [-0.4, -0.2) is 18.1 Å². The second-order valence-corrected chi connectivity index (χ2v) is 4.71. The van der Waals surface area contributed by atoms with E-state index in [-0.39, 0.29) is 18.3 Å². The van der Waals surface area contributed by atoms with Gasteiger partial charge in [0.05, 0.1) is 0 Å². The number of aliphatic carboxylic acids is 1. The Morgan fingerprint density at radius 3 is 2.88 bits per heavy atom. The molecule has 0 fully saturated rings. The molecule has 94 valence electrons. The zero-order valence-electron chi connectivity index (χ0n) is 9.54. The van der Waals surface area contributed by atoms with Gasteiger partial charge < -0.3 is 10.4 Å². The Hall–Kier alpha value is -0.940. The Morgan fingerprint density at radius 1 is 1.59 bits per heavy atom. The number of halogens is 2. The average Bonchev–Trinajstić information content (AvgIpc) is 2.28. The first-order valence-corrected chi connectivity index (χ1v) is 6.18. The summed E-state index contributed by atoms with van der Waals surface area (Å²) in [5.74, 6) is -1.10. The van der Waals surface area contributed by atoms with Crippen molar-refractivity contribution in [1.82, 2.24) is 5.32 Å². The van der Waals surface area contributed by atoms with Crippen LogP contribution < -0.4 is 5.32 Å². The zero-order chi connectivity index (χ0) is 12.8. The van der Waals surface area contributed by atoms with Gasteiger partial charge in [0.1, 0.15) is 5.82 Å². The minimum absolute atomic E-state index is 0.105. The van der Waals surface area contributed by atoms with Crippen LogP contribution in [0.2, 0.25) is 0 Å². The van der Waals surface area contributed by atoms with E-state index < -0.39 is 5.97 Å². The molecule has 1 rings (SSSR count). The Morgan fingerprint density at radius 2 is 2.29 bits per heavy atom. The minimum Gasteiger partial charge on any atom is -0.481 e. The lowest BCUT2D eigenvalue weighted by molar-refractivity contribution is -0.137. The number of carboxylic acids is 1. The van der Waals surface area contributed by atoms with Crippen molar-refractivity contribution < 1.29 is 14.3 Å². The van der Waals surface area contributed by atoms with Crippen LogP contribution in [0.4, 0.5) is 4.39 Å². The molecule has 3 nitrogen and oxygen atoms in total. The van der Waals surface area contributed by atoms with Crippen LogP contribution >= 0.6 is 15.9 Å². The van der Waals surface area contributed by atoms with Crippen molar-refractivity contribution in [2.75, 3.05) is 7.05 Å². The predicted octanol–water partition coefficient (Wildman–Crippen LogP) is 3.10. The average molecular weight is 304 g/mol. The van der Waals surface area contributed by atoms with Crippen molar-refractivity contribution in [3.8, 4) is 0 Å². The summed E-state index contributed by atoms with van der Waals surface area (Å²) < 4.78 is 14.4. The van der Waals surface area contributed by atoms with E-state index in [0.29, 0.717) is 18.4 Å². The van der Waals surface area contributed by atoms with Crippen LogP contribution in [0.25, 0.3) is 0 Å². The first-order chi connectivity index (χ1) is 8.04. The van der Waals surface area contributed by atoms with Crippen molar-refractivity contribution in [2.24, 2.45) is 0 Å². The Bertz CT molecular complexity index is 398. The molecule has 0 aliphatic carbocycles. The topological polar surface area (TPSA) is 49.3 Å². The Balaban J connectivity index is 2.72. The molecule has 0 saturated carbocycles. The molecule has 1 aromatic carbocycles. The van der Waals surface area contributed by atoms with Gasteiger partial charge >= 0.3 is 5.97 Å². The smallest absolute Gasteiger partial charge is 0.303 e. The molecular formula is C12H15BrFNO2. The van der Waals surface area contributed by atoms with Gasteiger partial charge in [-0.1, -0.05) is 15.9 Å². The SMILES string of the molecule is CNC(CCCC(=O)O)c1cc(Br)ccc1F. The van der Waals surface area contributed by atoms with Gasteiger partial charge in [0.25, 0.3) is 0 Å². The molecule has 0 heterocycles. The molecule has 5 heteroatoms. The fraction of sp³-hybridized carbons (Fsp3) is 0.417. The highest BCUT2D eigenvalue weighted by Crippen LogP contribution is 2.25. The monoisotopic (exact) mass is 303 g/mol. The Kier molecular flexibility index (Phi) is 5.58. The van der Waals surface area contributed by atoms with Gasteiger partial charge in [0.15, 0.2) is 0 Å². The molecule has 0 aliphatic heterocycles. The third kappa shape index (κ3) is 4.44. The highest BCUT2D eigenvalue weighted by molar-refractivity contribution is 9.10. The molecule has 0 saturated heterocycles. The quantitative estimate of drug-likeness (QED) is 0.849. The number of hydrogen-bond acceptors (Lipinski definition) is 2. The first kappa shape index (κ1) is 14.1. The third-order valence-electron chi connectivity index (χ3n) is 2.57. The highest BCUT2D eigenvalue weighted by Gasteiger charge is 2.14. The molecule has 0 spiro atoms. The largest absolute Gasteiger partial charge is 0.481 e. The lowest BCUT2D eigenvalue weighted by Crippen LogP contribution is -2.18. The molecule has 0 bridgehead atoms. The lowest BCUT2D eigenvalue weighted by Gasteiger charge is -2.17. The summed E-state index contributed by atoms with van der Waals surface area (Å²) in [6.45, 7) is 0. The lowest BCUT2D eigenvalue weighted by atomic mass is 10.0. The summed E-state index contributed by atoms with van der Waals surface area (Å²) in [6, 6.07) is 4.60. The zero-order valence-corrected chi connectivity index (χ0v) is 11.1. The van der Waals surface area contributed by atoms with Crippen LogP contribution in [-0.2, 0) is 4.79 Å². The minimum atomic E-state index is -0.824. The molecule has 0 aliphatic rings. The summed E-state index contributed by atoms with van der Waals surface area (Å²) >= 11 is 3.30. The molecule has 17 heavy (non-hydrogen) atoms. The van der Waals surface area contributed by atoms with Gasteiger partial charge in [0.2, 0.25) is 0 Å². The molecule has 1 aromatic rings. The van der Waals surface area contributed by atoms with E-state index >= 15 is 0 Å². The van der Waals surface area contributed by atoms with E-state index in [1.807, 2.05) is 0 Å². The van der Waals surface area contributed by atoms with Crippen molar-refractivity contribution >= 4 is 21.9 Å². The van der Waals surface area contributed by atoms with Crippen molar-refractivity contribution in [3.05, 3.63) is 34.1 Å². The summed E-state index contributed by atoms with van der Waals surface area (Å²) in [7, 11) is 1.74. The van der Waals surface area contributed by atoms with E-state index in [2.05, 4.69) is 21.2 Å². The van der Waals surface area contributed by atoms with Gasteiger partial charge in [-0.05, 0) is 38.1 Å². The highest BCUT2D eigenvalue weighted by atomic mass is 79.9. The number of nitrogens with one attached hydrogen (secondary N) is 1. The van der Waals surface area contributed by atoms with Crippen LogP contribution in [0, 0.1) is 5.82 Å². The maximum Gasteiger partial charge on any atom is 0.303 e. The number of carbonyl (C=O) groups is 1. The summed E-state index contributed by atoms with van der Waals surface area (Å²) in [5, 5.41) is 11.6. The van der Waals surface area contributed by atoms with Crippen molar-refractivity contribution in [1.29, 1.82) is 0 Å². The van der Waals surface area contributed by atoms with Crippen LogP contribution in [0.1, 0.15) is 30.9 Å². The fourth-order valence-corrected chi connectivity index (χ4v) is 2.07. The molecular weight excluding hydrogens is 289 g/mol. The summed E-state index contributed by atoms with van der Waals surface area (Å²) in [4.78, 5) is 10.4. The van der Waals surface area contributed by atoms with Gasteiger partial charge in [-0.25, -0.2) is 4.39 Å². The number of carboxylic acid groups (broad SMARTS) is 1. The van der Waals surface area contributed by atoms with E-state index in [0.717, 1.165) is 4.47 Å².